The van der Waals surface area contributed by atoms with Gasteiger partial charge >= 0.3 is 5.76 Å². The Labute approximate surface area is 181 Å². The molecule has 1 aromatic heterocycles. The molecule has 1 N–H and O–H groups in total. The predicted octanol–water partition coefficient (Wildman–Crippen LogP) is 3.98. The maximum atomic E-state index is 13.5. The van der Waals surface area contributed by atoms with Crippen LogP contribution in [0.15, 0.2) is 63.9 Å². The first kappa shape index (κ1) is 20.9. The van der Waals surface area contributed by atoms with Gasteiger partial charge in [0.05, 0.1) is 0 Å². The monoisotopic (exact) mass is 421 g/mol. The molecule has 0 radical (unpaired) electrons. The molecular weight excluding hydrogens is 394 g/mol. The van der Waals surface area contributed by atoms with Crippen LogP contribution in [0.2, 0.25) is 0 Å². The third kappa shape index (κ3) is 4.40. The summed E-state index contributed by atoms with van der Waals surface area (Å²) in [5.41, 5.74) is 0.832. The molecule has 2 atom stereocenters. The summed E-state index contributed by atoms with van der Waals surface area (Å²) in [6.45, 7) is 6.50. The molecule has 2 heterocycles. The third-order valence-corrected chi connectivity index (χ3v) is 5.90. The smallest absolute Gasteiger partial charge is 0.439 e. The lowest BCUT2D eigenvalue weighted by Crippen LogP contribution is -2.51. The number of ether oxygens (including phenoxy) is 1. The van der Waals surface area contributed by atoms with E-state index in [2.05, 4.69) is 33.7 Å². The Morgan fingerprint density at radius 1 is 1.23 bits per heavy atom. The SMILES string of the molecule is CC(c1ccccc1)C1CCCN1C(=O)C(C)(C)Oc1cccc(-c2noc(=O)[nH]2)c1. The van der Waals surface area contributed by atoms with Crippen molar-refractivity contribution in [3.8, 4) is 17.1 Å². The lowest BCUT2D eigenvalue weighted by Gasteiger charge is -2.36. The van der Waals surface area contributed by atoms with Crippen LogP contribution in [0.1, 0.15) is 45.1 Å². The summed E-state index contributed by atoms with van der Waals surface area (Å²) in [6.07, 6.45) is 1.96. The molecule has 7 heteroatoms. The number of aromatic nitrogens is 2. The number of carbonyl (C=O) groups is 1. The fourth-order valence-electron chi connectivity index (χ4n) is 4.29. The minimum absolute atomic E-state index is 0.0296. The molecule has 0 aliphatic carbocycles. The highest BCUT2D eigenvalue weighted by atomic mass is 16.5. The average molecular weight is 421 g/mol. The van der Waals surface area contributed by atoms with Crippen molar-refractivity contribution in [3.63, 3.8) is 0 Å². The van der Waals surface area contributed by atoms with Crippen LogP contribution in [-0.4, -0.2) is 39.1 Å². The maximum absolute atomic E-state index is 13.5. The van der Waals surface area contributed by atoms with Crippen LogP contribution >= 0.6 is 0 Å². The number of benzene rings is 2. The van der Waals surface area contributed by atoms with E-state index >= 15 is 0 Å². The minimum atomic E-state index is -1.05. The number of nitrogens with zero attached hydrogens (tertiary/aromatic N) is 2. The van der Waals surface area contributed by atoms with Crippen molar-refractivity contribution >= 4 is 5.91 Å². The quantitative estimate of drug-likeness (QED) is 0.650. The Bertz CT molecular complexity index is 1100. The van der Waals surface area contributed by atoms with Gasteiger partial charge in [-0.05, 0) is 44.4 Å². The summed E-state index contributed by atoms with van der Waals surface area (Å²) in [4.78, 5) is 29.2. The number of aromatic amines is 1. The first-order chi connectivity index (χ1) is 14.8. The van der Waals surface area contributed by atoms with Crippen LogP contribution in [0.5, 0.6) is 5.75 Å². The molecule has 2 aromatic carbocycles. The standard InChI is InChI=1S/C24H27N3O4/c1-16(17-9-5-4-6-10-17)20-13-8-14-27(20)22(28)24(2,3)30-19-12-7-11-18(15-19)21-25-23(29)31-26-21/h4-7,9-12,15-16,20H,8,13-14H2,1-3H3,(H,25,26,29). The fraction of sp³-hybridized carbons (Fsp3) is 0.375. The summed E-state index contributed by atoms with van der Waals surface area (Å²) in [5, 5.41) is 3.71. The lowest BCUT2D eigenvalue weighted by atomic mass is 9.91. The van der Waals surface area contributed by atoms with Crippen molar-refractivity contribution < 1.29 is 14.1 Å². The van der Waals surface area contributed by atoms with E-state index in [1.165, 1.54) is 5.56 Å². The second-order valence-corrected chi connectivity index (χ2v) is 8.49. The van der Waals surface area contributed by atoms with Crippen molar-refractivity contribution in [2.45, 2.75) is 51.2 Å². The van der Waals surface area contributed by atoms with E-state index in [0.29, 0.717) is 17.1 Å². The minimum Gasteiger partial charge on any atom is -0.478 e. The van der Waals surface area contributed by atoms with E-state index in [1.807, 2.05) is 23.1 Å². The van der Waals surface area contributed by atoms with Crippen molar-refractivity contribution in [2.75, 3.05) is 6.54 Å². The number of nitrogens with one attached hydrogen (secondary N) is 1. The highest BCUT2D eigenvalue weighted by Gasteiger charge is 2.41. The largest absolute Gasteiger partial charge is 0.478 e. The van der Waals surface area contributed by atoms with Gasteiger partial charge in [-0.15, -0.1) is 0 Å². The van der Waals surface area contributed by atoms with Gasteiger partial charge in [0.25, 0.3) is 5.91 Å². The van der Waals surface area contributed by atoms with Crippen LogP contribution in [0, 0.1) is 0 Å². The summed E-state index contributed by atoms with van der Waals surface area (Å²) in [5.74, 6) is 0.431. The fourth-order valence-corrected chi connectivity index (χ4v) is 4.29. The maximum Gasteiger partial charge on any atom is 0.439 e. The number of carbonyl (C=O) groups excluding carboxylic acids is 1. The Hall–Kier alpha value is -3.35. The highest BCUT2D eigenvalue weighted by Crippen LogP contribution is 2.33. The van der Waals surface area contributed by atoms with Crippen molar-refractivity contribution in [3.05, 3.63) is 70.7 Å². The van der Waals surface area contributed by atoms with Gasteiger partial charge in [-0.25, -0.2) is 4.79 Å². The molecule has 7 nitrogen and oxygen atoms in total. The Morgan fingerprint density at radius 2 is 2.00 bits per heavy atom. The van der Waals surface area contributed by atoms with Gasteiger partial charge in [-0.3, -0.25) is 14.3 Å². The number of hydrogen-bond acceptors (Lipinski definition) is 5. The number of likely N-dealkylation sites (tertiary alicyclic amines) is 1. The molecule has 1 aliphatic rings. The number of rotatable bonds is 6. The van der Waals surface area contributed by atoms with Crippen molar-refractivity contribution in [1.82, 2.24) is 15.0 Å². The second-order valence-electron chi connectivity index (χ2n) is 8.49. The summed E-state index contributed by atoms with van der Waals surface area (Å²) in [7, 11) is 0. The molecule has 1 amide bonds. The average Bonchev–Trinajstić information content (AvgIpc) is 3.42. The zero-order valence-electron chi connectivity index (χ0n) is 18.0. The van der Waals surface area contributed by atoms with Gasteiger partial charge in [-0.1, -0.05) is 54.5 Å². The number of hydrogen-bond donors (Lipinski definition) is 1. The Balaban J connectivity index is 1.52. The molecule has 3 aromatic rings. The molecule has 162 valence electrons. The van der Waals surface area contributed by atoms with Crippen LogP contribution in [0.4, 0.5) is 0 Å². The van der Waals surface area contributed by atoms with Gasteiger partial charge in [0, 0.05) is 24.1 Å². The topological polar surface area (TPSA) is 88.4 Å². The molecular formula is C24H27N3O4. The van der Waals surface area contributed by atoms with Gasteiger partial charge in [0.2, 0.25) is 0 Å². The first-order valence-electron chi connectivity index (χ1n) is 10.6. The van der Waals surface area contributed by atoms with Gasteiger partial charge in [0.15, 0.2) is 11.4 Å². The zero-order chi connectivity index (χ0) is 22.0. The molecule has 1 fully saturated rings. The third-order valence-electron chi connectivity index (χ3n) is 5.90. The Morgan fingerprint density at radius 3 is 2.71 bits per heavy atom. The second kappa shape index (κ2) is 8.41. The summed E-state index contributed by atoms with van der Waals surface area (Å²) < 4.78 is 10.7. The number of H-pyrrole nitrogens is 1. The molecule has 31 heavy (non-hydrogen) atoms. The van der Waals surface area contributed by atoms with Crippen LogP contribution < -0.4 is 10.5 Å². The van der Waals surface area contributed by atoms with Gasteiger partial charge in [-0.2, -0.15) is 0 Å². The van der Waals surface area contributed by atoms with E-state index < -0.39 is 11.4 Å². The number of amides is 1. The first-order valence-corrected chi connectivity index (χ1v) is 10.6. The normalized spacial score (nSPS) is 17.5. The molecule has 4 rings (SSSR count). The van der Waals surface area contributed by atoms with E-state index in [0.717, 1.165) is 19.4 Å². The predicted molar refractivity (Wildman–Crippen MR) is 117 cm³/mol. The molecule has 2 unspecified atom stereocenters. The zero-order valence-corrected chi connectivity index (χ0v) is 18.0. The molecule has 1 aliphatic heterocycles. The van der Waals surface area contributed by atoms with Crippen molar-refractivity contribution in [1.29, 1.82) is 0 Å². The van der Waals surface area contributed by atoms with E-state index in [-0.39, 0.29) is 17.9 Å². The highest BCUT2D eigenvalue weighted by molar-refractivity contribution is 5.85. The molecule has 0 spiro atoms. The van der Waals surface area contributed by atoms with Crippen molar-refractivity contribution in [2.24, 2.45) is 0 Å². The molecule has 0 saturated carbocycles. The molecule has 1 saturated heterocycles. The van der Waals surface area contributed by atoms with Gasteiger partial charge < -0.3 is 9.64 Å². The van der Waals surface area contributed by atoms with Crippen LogP contribution in [0.25, 0.3) is 11.4 Å². The summed E-state index contributed by atoms with van der Waals surface area (Å²) >= 11 is 0. The Kier molecular flexibility index (Phi) is 5.67. The van der Waals surface area contributed by atoms with Gasteiger partial charge in [0.1, 0.15) is 5.75 Å². The van der Waals surface area contributed by atoms with E-state index in [9.17, 15) is 9.59 Å². The summed E-state index contributed by atoms with van der Waals surface area (Å²) in [6, 6.07) is 17.5. The molecule has 0 bridgehead atoms. The lowest BCUT2D eigenvalue weighted by molar-refractivity contribution is -0.146. The van der Waals surface area contributed by atoms with E-state index in [1.54, 1.807) is 38.1 Å². The van der Waals surface area contributed by atoms with Crippen LogP contribution in [-0.2, 0) is 4.79 Å². The van der Waals surface area contributed by atoms with Crippen LogP contribution in [0.3, 0.4) is 0 Å². The van der Waals surface area contributed by atoms with E-state index in [4.69, 9.17) is 4.74 Å².